The number of hydrogen-bond donors (Lipinski definition) is 2. The van der Waals surface area contributed by atoms with Gasteiger partial charge in [-0.05, 0) is 12.8 Å². The van der Waals surface area contributed by atoms with Gasteiger partial charge in [-0.2, -0.15) is 9.35 Å². The minimum Gasteiger partial charge on any atom is -0.724 e. The zero-order chi connectivity index (χ0) is 16.6. The third kappa shape index (κ3) is 3.57. The van der Waals surface area contributed by atoms with Crippen LogP contribution in [-0.2, 0) is 19.5 Å². The molecule has 0 radical (unpaired) electrons. The molecular formula is C12H20N4O6S. The van der Waals surface area contributed by atoms with Crippen LogP contribution in [0.4, 0.5) is 4.79 Å². The van der Waals surface area contributed by atoms with Crippen LogP contribution in [0, 0.1) is 0 Å². The molecule has 3 aliphatic rings. The standard InChI is InChI=1S/C12H20N4O6S/c17-11(14-8-3-5-13-6-4-8)10-2-1-9-7-15(10)12(18)16(9)22-23(19,20)21/h8-10,13H,1-7H2,(H,14,17)(H,19,20,21)/t9-,10+/m0/s1. The lowest BCUT2D eigenvalue weighted by molar-refractivity contribution is -0.663. The maximum Gasteiger partial charge on any atom is 0.346 e. The summed E-state index contributed by atoms with van der Waals surface area (Å²) >= 11 is 0. The van der Waals surface area contributed by atoms with Gasteiger partial charge in [0.05, 0.1) is 19.1 Å². The smallest absolute Gasteiger partial charge is 0.346 e. The van der Waals surface area contributed by atoms with Crippen molar-refractivity contribution in [3.63, 3.8) is 0 Å². The van der Waals surface area contributed by atoms with Crippen LogP contribution in [-0.4, -0.2) is 72.6 Å². The number of nitrogens with one attached hydrogen (secondary N) is 1. The van der Waals surface area contributed by atoms with Crippen LogP contribution in [0.15, 0.2) is 0 Å². The van der Waals surface area contributed by atoms with Crippen LogP contribution in [0.5, 0.6) is 0 Å². The van der Waals surface area contributed by atoms with Crippen molar-refractivity contribution in [1.82, 2.24) is 15.3 Å². The molecule has 23 heavy (non-hydrogen) atoms. The van der Waals surface area contributed by atoms with Crippen molar-refractivity contribution in [3.8, 4) is 0 Å². The Morgan fingerprint density at radius 3 is 2.61 bits per heavy atom. The lowest BCUT2D eigenvalue weighted by Gasteiger charge is -2.31. The largest absolute Gasteiger partial charge is 0.724 e. The van der Waals surface area contributed by atoms with E-state index in [-0.39, 0.29) is 18.5 Å². The van der Waals surface area contributed by atoms with Crippen molar-refractivity contribution in [2.24, 2.45) is 0 Å². The average molecular weight is 348 g/mol. The molecule has 3 amide bonds. The maximum absolute atomic E-state index is 12.4. The van der Waals surface area contributed by atoms with E-state index in [1.165, 1.54) is 4.90 Å². The molecule has 0 aromatic rings. The highest BCUT2D eigenvalue weighted by Gasteiger charge is 2.48. The lowest BCUT2D eigenvalue weighted by Crippen LogP contribution is -2.87. The predicted molar refractivity (Wildman–Crippen MR) is 74.4 cm³/mol. The number of rotatable bonds is 4. The van der Waals surface area contributed by atoms with Crippen LogP contribution >= 0.6 is 0 Å². The number of fused-ring (bicyclic) bond motifs is 2. The third-order valence-electron chi connectivity index (χ3n) is 4.58. The third-order valence-corrected chi connectivity index (χ3v) is 4.93. The number of piperidine rings is 2. The molecule has 10 nitrogen and oxygen atoms in total. The SMILES string of the molecule is O=C(NC1CC[NH2+]CC1)[C@H]1CC[C@H]2CN1C(=O)N2OS(=O)(=O)[O-]. The summed E-state index contributed by atoms with van der Waals surface area (Å²) < 4.78 is 36.4. The molecule has 3 aliphatic heterocycles. The first kappa shape index (κ1) is 16.4. The van der Waals surface area contributed by atoms with Gasteiger partial charge in [0.25, 0.3) is 0 Å². The number of amides is 3. The normalized spacial score (nSPS) is 29.0. The van der Waals surface area contributed by atoms with E-state index in [9.17, 15) is 22.6 Å². The van der Waals surface area contributed by atoms with Gasteiger partial charge in [0.2, 0.25) is 16.3 Å². The second-order valence-electron chi connectivity index (χ2n) is 6.14. The van der Waals surface area contributed by atoms with Gasteiger partial charge >= 0.3 is 6.03 Å². The Hall–Kier alpha value is -1.43. The Morgan fingerprint density at radius 2 is 1.96 bits per heavy atom. The van der Waals surface area contributed by atoms with Crippen LogP contribution in [0.2, 0.25) is 0 Å². The molecular weight excluding hydrogens is 328 g/mol. The highest BCUT2D eigenvalue weighted by molar-refractivity contribution is 7.80. The van der Waals surface area contributed by atoms with Gasteiger partial charge in [-0.1, -0.05) is 0 Å². The molecule has 3 fully saturated rings. The zero-order valence-corrected chi connectivity index (χ0v) is 13.3. The second-order valence-corrected chi connectivity index (χ2v) is 7.10. The van der Waals surface area contributed by atoms with Crippen molar-refractivity contribution in [3.05, 3.63) is 0 Å². The van der Waals surface area contributed by atoms with Gasteiger partial charge in [-0.3, -0.25) is 4.79 Å². The zero-order valence-electron chi connectivity index (χ0n) is 12.5. The molecule has 3 rings (SSSR count). The summed E-state index contributed by atoms with van der Waals surface area (Å²) in [4.78, 5) is 25.9. The van der Waals surface area contributed by atoms with Crippen LogP contribution in [0.1, 0.15) is 25.7 Å². The minimum atomic E-state index is -5.02. The van der Waals surface area contributed by atoms with Crippen molar-refractivity contribution in [2.45, 2.75) is 43.8 Å². The quantitative estimate of drug-likeness (QED) is 0.425. The Kier molecular flexibility index (Phi) is 4.45. The first-order valence-corrected chi connectivity index (χ1v) is 9.06. The lowest BCUT2D eigenvalue weighted by atomic mass is 9.99. The monoisotopic (exact) mass is 348 g/mol. The minimum absolute atomic E-state index is 0.109. The Bertz CT molecular complexity index is 590. The molecule has 0 saturated carbocycles. The topological polar surface area (TPSA) is 136 Å². The first-order chi connectivity index (χ1) is 10.8. The Labute approximate surface area is 134 Å². The summed E-state index contributed by atoms with van der Waals surface area (Å²) in [5.74, 6) is -0.226. The van der Waals surface area contributed by atoms with E-state index in [1.54, 1.807) is 0 Å². The summed E-state index contributed by atoms with van der Waals surface area (Å²) in [5.41, 5.74) is 0. The number of nitrogens with two attached hydrogens (primary N) is 1. The van der Waals surface area contributed by atoms with E-state index in [0.717, 1.165) is 25.9 Å². The summed E-state index contributed by atoms with van der Waals surface area (Å²) in [6.07, 6.45) is 2.60. The van der Waals surface area contributed by atoms with Gasteiger partial charge in [-0.25, -0.2) is 13.2 Å². The van der Waals surface area contributed by atoms with Gasteiger partial charge < -0.3 is 20.1 Å². The maximum atomic E-state index is 12.4. The fraction of sp³-hybridized carbons (Fsp3) is 0.833. The molecule has 2 bridgehead atoms. The first-order valence-electron chi connectivity index (χ1n) is 7.72. The number of nitrogens with zero attached hydrogens (tertiary/aromatic N) is 2. The molecule has 3 heterocycles. The molecule has 130 valence electrons. The molecule has 11 heteroatoms. The van der Waals surface area contributed by atoms with Crippen molar-refractivity contribution in [2.75, 3.05) is 19.6 Å². The highest BCUT2D eigenvalue weighted by Crippen LogP contribution is 2.30. The van der Waals surface area contributed by atoms with Gasteiger partial charge in [0, 0.05) is 25.4 Å². The summed E-state index contributed by atoms with van der Waals surface area (Å²) in [6, 6.07) is -1.80. The van der Waals surface area contributed by atoms with Gasteiger partial charge in [0.1, 0.15) is 6.04 Å². The molecule has 0 spiro atoms. The van der Waals surface area contributed by atoms with Gasteiger partial charge in [-0.15, -0.1) is 0 Å². The molecule has 3 N–H and O–H groups in total. The van der Waals surface area contributed by atoms with Crippen molar-refractivity contribution in [1.29, 1.82) is 0 Å². The molecule has 2 atom stereocenters. The summed E-state index contributed by atoms with van der Waals surface area (Å²) in [6.45, 7) is 2.11. The van der Waals surface area contributed by atoms with E-state index in [2.05, 4.69) is 14.9 Å². The second kappa shape index (κ2) is 6.23. The molecule has 0 aliphatic carbocycles. The summed E-state index contributed by atoms with van der Waals surface area (Å²) in [5, 5.41) is 5.74. The number of hydrogen-bond acceptors (Lipinski definition) is 6. The Morgan fingerprint density at radius 1 is 1.26 bits per heavy atom. The molecule has 0 unspecified atom stereocenters. The van der Waals surface area contributed by atoms with Crippen molar-refractivity contribution < 1.29 is 32.2 Å². The molecule has 0 aromatic heterocycles. The highest BCUT2D eigenvalue weighted by atomic mass is 32.3. The number of urea groups is 1. The number of carbonyl (C=O) groups excluding carboxylic acids is 2. The number of carbonyl (C=O) groups is 2. The van der Waals surface area contributed by atoms with E-state index in [1.807, 2.05) is 0 Å². The van der Waals surface area contributed by atoms with Gasteiger partial charge in [0.15, 0.2) is 0 Å². The average Bonchev–Trinajstić information content (AvgIpc) is 2.72. The van der Waals surface area contributed by atoms with Crippen molar-refractivity contribution >= 4 is 22.3 Å². The predicted octanol–water partition coefficient (Wildman–Crippen LogP) is -2.51. The van der Waals surface area contributed by atoms with Crippen LogP contribution in [0.3, 0.4) is 0 Å². The number of hydroxylamine groups is 2. The molecule has 3 saturated heterocycles. The van der Waals surface area contributed by atoms with E-state index < -0.39 is 28.5 Å². The fourth-order valence-corrected chi connectivity index (χ4v) is 3.85. The summed E-state index contributed by atoms with van der Waals surface area (Å²) in [7, 11) is -5.02. The van der Waals surface area contributed by atoms with Crippen LogP contribution < -0.4 is 10.6 Å². The fourth-order valence-electron chi connectivity index (χ4n) is 3.47. The van der Waals surface area contributed by atoms with Crippen LogP contribution in [0.25, 0.3) is 0 Å². The molecule has 0 aromatic carbocycles. The van der Waals surface area contributed by atoms with E-state index in [0.29, 0.717) is 17.9 Å². The van der Waals surface area contributed by atoms with E-state index >= 15 is 0 Å². The Balaban J connectivity index is 1.64. The van der Waals surface area contributed by atoms with E-state index in [4.69, 9.17) is 0 Å². The number of quaternary nitrogens is 1.